The number of amides is 1. The van der Waals surface area contributed by atoms with Crippen LogP contribution in [-0.4, -0.2) is 47.9 Å². The first-order valence-corrected chi connectivity index (χ1v) is 12.7. The molecule has 0 atom stereocenters. The topological polar surface area (TPSA) is 70.8 Å². The van der Waals surface area contributed by atoms with Crippen molar-refractivity contribution in [3.63, 3.8) is 0 Å². The summed E-state index contributed by atoms with van der Waals surface area (Å²) in [7, 11) is 5.60. The van der Waals surface area contributed by atoms with E-state index in [0.29, 0.717) is 30.7 Å². The number of ether oxygens (including phenoxy) is 1. The van der Waals surface area contributed by atoms with Crippen LogP contribution < -0.4 is 10.1 Å². The Hall–Kier alpha value is -2.81. The smallest absolute Gasteiger partial charge is 0.275 e. The SMILES string of the molecule is CN1Cc2ccc(CN(C)C(=O)c3coc(CNC4CC4)n3)cc2C1.COc1cc(C)c(S)c(C)c1. The molecule has 1 aromatic heterocycles. The molecule has 1 amide bonds. The molecule has 2 aliphatic rings. The predicted molar refractivity (Wildman–Crippen MR) is 143 cm³/mol. The first-order valence-electron chi connectivity index (χ1n) is 12.3. The van der Waals surface area contributed by atoms with E-state index in [1.165, 1.54) is 30.2 Å². The Labute approximate surface area is 219 Å². The Morgan fingerprint density at radius 1 is 1.19 bits per heavy atom. The number of thiol groups is 1. The van der Waals surface area contributed by atoms with Gasteiger partial charge in [-0.05, 0) is 73.7 Å². The zero-order valence-corrected chi connectivity index (χ0v) is 22.7. The molecule has 5 rings (SSSR count). The molecule has 0 spiro atoms. The van der Waals surface area contributed by atoms with E-state index in [0.717, 1.165) is 40.4 Å². The first kappa shape index (κ1) is 26.3. The van der Waals surface area contributed by atoms with E-state index in [1.807, 2.05) is 26.0 Å². The molecular weight excluding hydrogens is 472 g/mol. The maximum absolute atomic E-state index is 12.6. The second-order valence-electron chi connectivity index (χ2n) is 9.83. The number of hydrogen-bond donors (Lipinski definition) is 2. The number of benzene rings is 2. The van der Waals surface area contributed by atoms with E-state index in [-0.39, 0.29) is 5.91 Å². The molecule has 1 aliphatic carbocycles. The molecule has 3 aromatic rings. The van der Waals surface area contributed by atoms with Gasteiger partial charge < -0.3 is 19.4 Å². The first-order chi connectivity index (χ1) is 17.2. The second-order valence-corrected chi connectivity index (χ2v) is 10.3. The van der Waals surface area contributed by atoms with Gasteiger partial charge in [0.25, 0.3) is 5.91 Å². The molecule has 2 heterocycles. The monoisotopic (exact) mass is 508 g/mol. The van der Waals surface area contributed by atoms with Crippen LogP contribution in [0.5, 0.6) is 5.75 Å². The van der Waals surface area contributed by atoms with E-state index in [9.17, 15) is 4.79 Å². The third-order valence-electron chi connectivity index (χ3n) is 6.51. The van der Waals surface area contributed by atoms with E-state index in [2.05, 4.69) is 53.1 Å². The van der Waals surface area contributed by atoms with Gasteiger partial charge in [0.05, 0.1) is 13.7 Å². The lowest BCUT2D eigenvalue weighted by Gasteiger charge is -2.16. The minimum absolute atomic E-state index is 0.112. The number of nitrogens with one attached hydrogen (secondary N) is 1. The molecular formula is C28H36N4O3S. The Morgan fingerprint density at radius 3 is 2.56 bits per heavy atom. The summed E-state index contributed by atoms with van der Waals surface area (Å²) in [5.74, 6) is 1.36. The number of nitrogens with zero attached hydrogens (tertiary/aromatic N) is 3. The number of aryl methyl sites for hydroxylation is 2. The average Bonchev–Trinajstić information content (AvgIpc) is 3.43. The summed E-state index contributed by atoms with van der Waals surface area (Å²) >= 11 is 4.34. The van der Waals surface area contributed by atoms with Gasteiger partial charge in [-0.15, -0.1) is 12.6 Å². The number of fused-ring (bicyclic) bond motifs is 1. The molecule has 1 fully saturated rings. The third kappa shape index (κ3) is 6.69. The summed E-state index contributed by atoms with van der Waals surface area (Å²) < 4.78 is 10.5. The highest BCUT2D eigenvalue weighted by Gasteiger charge is 2.22. The average molecular weight is 509 g/mol. The number of aromatic nitrogens is 1. The minimum atomic E-state index is -0.112. The third-order valence-corrected chi connectivity index (χ3v) is 7.21. The largest absolute Gasteiger partial charge is 0.497 e. The van der Waals surface area contributed by atoms with Crippen molar-refractivity contribution in [2.24, 2.45) is 0 Å². The lowest BCUT2D eigenvalue weighted by atomic mass is 10.1. The Morgan fingerprint density at radius 2 is 1.89 bits per heavy atom. The van der Waals surface area contributed by atoms with Crippen LogP contribution >= 0.6 is 12.6 Å². The van der Waals surface area contributed by atoms with E-state index < -0.39 is 0 Å². The predicted octanol–water partition coefficient (Wildman–Crippen LogP) is 4.74. The van der Waals surface area contributed by atoms with Crippen molar-refractivity contribution >= 4 is 18.5 Å². The Kier molecular flexibility index (Phi) is 8.39. The van der Waals surface area contributed by atoms with Gasteiger partial charge in [0.1, 0.15) is 12.0 Å². The number of carbonyl (C=O) groups is 1. The summed E-state index contributed by atoms with van der Waals surface area (Å²) in [6.45, 7) is 7.18. The maximum atomic E-state index is 12.6. The van der Waals surface area contributed by atoms with Gasteiger partial charge in [-0.1, -0.05) is 18.2 Å². The summed E-state index contributed by atoms with van der Waals surface area (Å²) in [6.07, 6.45) is 3.89. The molecule has 1 saturated carbocycles. The van der Waals surface area contributed by atoms with Crippen molar-refractivity contribution in [1.82, 2.24) is 20.1 Å². The van der Waals surface area contributed by atoms with Gasteiger partial charge in [-0.2, -0.15) is 0 Å². The summed E-state index contributed by atoms with van der Waals surface area (Å²) in [5, 5.41) is 3.34. The fraction of sp³-hybridized carbons (Fsp3) is 0.429. The van der Waals surface area contributed by atoms with Crippen LogP contribution in [0.2, 0.25) is 0 Å². The van der Waals surface area contributed by atoms with Crippen LogP contribution in [0, 0.1) is 13.8 Å². The van der Waals surface area contributed by atoms with Crippen molar-refractivity contribution in [1.29, 1.82) is 0 Å². The molecule has 0 unspecified atom stereocenters. The fourth-order valence-electron chi connectivity index (χ4n) is 4.30. The lowest BCUT2D eigenvalue weighted by molar-refractivity contribution is 0.0779. The molecule has 1 aliphatic heterocycles. The van der Waals surface area contributed by atoms with Crippen LogP contribution in [0.15, 0.2) is 45.9 Å². The normalized spacial score (nSPS) is 14.7. The van der Waals surface area contributed by atoms with Crippen molar-refractivity contribution in [3.05, 3.63) is 76.0 Å². The van der Waals surface area contributed by atoms with Crippen LogP contribution in [0.3, 0.4) is 0 Å². The highest BCUT2D eigenvalue weighted by atomic mass is 32.1. The van der Waals surface area contributed by atoms with Crippen molar-refractivity contribution in [3.8, 4) is 5.75 Å². The van der Waals surface area contributed by atoms with Crippen molar-refractivity contribution in [2.45, 2.75) is 63.8 Å². The zero-order valence-electron chi connectivity index (χ0n) is 21.8. The van der Waals surface area contributed by atoms with Gasteiger partial charge in [0, 0.05) is 37.6 Å². The molecule has 192 valence electrons. The van der Waals surface area contributed by atoms with Crippen molar-refractivity contribution in [2.75, 3.05) is 21.2 Å². The summed E-state index contributed by atoms with van der Waals surface area (Å²) in [5.41, 5.74) is 6.57. The second kappa shape index (κ2) is 11.5. The standard InChI is InChI=1S/C19H24N4O2.C9H12OS/c1-22-10-14-4-3-13(7-15(14)11-22)9-23(2)19(24)17-12-25-18(21-17)8-20-16-5-6-16;1-6-4-8(10-3)5-7(2)9(6)11/h3-4,7,12,16,20H,5-6,8-11H2,1-2H3;4-5,11H,1-3H3. The van der Waals surface area contributed by atoms with E-state index >= 15 is 0 Å². The highest BCUT2D eigenvalue weighted by molar-refractivity contribution is 7.80. The summed E-state index contributed by atoms with van der Waals surface area (Å²) in [6, 6.07) is 11.0. The number of methoxy groups -OCH3 is 1. The van der Waals surface area contributed by atoms with Crippen LogP contribution in [0.1, 0.15) is 57.0 Å². The fourth-order valence-corrected chi connectivity index (χ4v) is 4.43. The molecule has 1 N–H and O–H groups in total. The number of carbonyl (C=O) groups excluding carboxylic acids is 1. The number of rotatable bonds is 7. The quantitative estimate of drug-likeness (QED) is 0.449. The Bertz CT molecular complexity index is 1200. The highest BCUT2D eigenvalue weighted by Crippen LogP contribution is 2.24. The Balaban J connectivity index is 0.000000233. The molecule has 7 nitrogen and oxygen atoms in total. The zero-order chi connectivity index (χ0) is 25.8. The lowest BCUT2D eigenvalue weighted by Crippen LogP contribution is -2.26. The molecule has 8 heteroatoms. The van der Waals surface area contributed by atoms with Crippen LogP contribution in [0.25, 0.3) is 0 Å². The number of oxazole rings is 1. The van der Waals surface area contributed by atoms with E-state index in [1.54, 1.807) is 19.1 Å². The van der Waals surface area contributed by atoms with Crippen LogP contribution in [0.4, 0.5) is 0 Å². The molecule has 36 heavy (non-hydrogen) atoms. The minimum Gasteiger partial charge on any atom is -0.497 e. The molecule has 0 saturated heterocycles. The number of hydrogen-bond acceptors (Lipinski definition) is 7. The van der Waals surface area contributed by atoms with Crippen molar-refractivity contribution < 1.29 is 13.9 Å². The molecule has 2 aromatic carbocycles. The van der Waals surface area contributed by atoms with Gasteiger partial charge >= 0.3 is 0 Å². The van der Waals surface area contributed by atoms with E-state index in [4.69, 9.17) is 9.15 Å². The van der Waals surface area contributed by atoms with Gasteiger partial charge in [-0.25, -0.2) is 4.98 Å². The molecule has 0 radical (unpaired) electrons. The van der Waals surface area contributed by atoms with Gasteiger partial charge in [0.2, 0.25) is 5.89 Å². The summed E-state index contributed by atoms with van der Waals surface area (Å²) in [4.78, 5) is 21.9. The van der Waals surface area contributed by atoms with Crippen LogP contribution in [-0.2, 0) is 26.2 Å². The molecule has 0 bridgehead atoms. The van der Waals surface area contributed by atoms with Gasteiger partial charge in [0.15, 0.2) is 5.69 Å². The maximum Gasteiger partial charge on any atom is 0.275 e. The van der Waals surface area contributed by atoms with Gasteiger partial charge in [-0.3, -0.25) is 9.69 Å².